The molecule has 0 spiro atoms. The monoisotopic (exact) mass is 396 g/mol. The second-order valence-corrected chi connectivity index (χ2v) is 8.52. The Morgan fingerprint density at radius 3 is 2.68 bits per heavy atom. The number of carbonyl (C=O) groups excluding carboxylic acids is 2. The Bertz CT molecular complexity index is 497. The zero-order chi connectivity index (χ0) is 21.0. The number of hydrogen-bond acceptors (Lipinski definition) is 5. The van der Waals surface area contributed by atoms with Gasteiger partial charge in [0.05, 0.1) is 5.60 Å². The highest BCUT2D eigenvalue weighted by Gasteiger charge is 2.32. The number of unbranched alkanes of at least 4 members (excludes halogenated alkanes) is 4. The number of carbonyl (C=O) groups is 2. The number of methoxy groups -OCH3 is 1. The summed E-state index contributed by atoms with van der Waals surface area (Å²) in [6.07, 6.45) is 12.9. The summed E-state index contributed by atoms with van der Waals surface area (Å²) in [6, 6.07) is 0. The van der Waals surface area contributed by atoms with Crippen LogP contribution in [0.3, 0.4) is 0 Å². The third-order valence-corrected chi connectivity index (χ3v) is 5.85. The highest BCUT2D eigenvalue weighted by molar-refractivity contribution is 5.83. The van der Waals surface area contributed by atoms with E-state index in [0.29, 0.717) is 31.0 Å². The van der Waals surface area contributed by atoms with Gasteiger partial charge in [-0.05, 0) is 44.9 Å². The van der Waals surface area contributed by atoms with Crippen LogP contribution in [0.4, 0.5) is 0 Å². The summed E-state index contributed by atoms with van der Waals surface area (Å²) in [6.45, 7) is 4.02. The summed E-state index contributed by atoms with van der Waals surface area (Å²) < 4.78 is 4.60. The molecule has 1 fully saturated rings. The van der Waals surface area contributed by atoms with Crippen LogP contribution in [0, 0.1) is 11.8 Å². The molecule has 1 rings (SSSR count). The second-order valence-electron chi connectivity index (χ2n) is 8.52. The van der Waals surface area contributed by atoms with Gasteiger partial charge in [0.15, 0.2) is 5.78 Å². The van der Waals surface area contributed by atoms with Crippen molar-refractivity contribution in [2.75, 3.05) is 7.11 Å². The third-order valence-electron chi connectivity index (χ3n) is 5.85. The molecular formula is C23H40O5. The smallest absolute Gasteiger partial charge is 0.215 e. The molecular weight excluding hydrogens is 356 g/mol. The van der Waals surface area contributed by atoms with Crippen LogP contribution in [-0.2, 0) is 14.3 Å². The molecule has 0 aromatic rings. The molecule has 0 aliphatic heterocycles. The summed E-state index contributed by atoms with van der Waals surface area (Å²) >= 11 is 0. The van der Waals surface area contributed by atoms with E-state index in [2.05, 4.69) is 23.8 Å². The van der Waals surface area contributed by atoms with E-state index in [9.17, 15) is 19.8 Å². The van der Waals surface area contributed by atoms with E-state index in [4.69, 9.17) is 0 Å². The van der Waals surface area contributed by atoms with E-state index in [1.54, 1.807) is 0 Å². The van der Waals surface area contributed by atoms with Crippen molar-refractivity contribution in [3.8, 4) is 0 Å². The lowest BCUT2D eigenvalue weighted by Gasteiger charge is -2.21. The van der Waals surface area contributed by atoms with Gasteiger partial charge in [0, 0.05) is 25.9 Å². The Hall–Kier alpha value is -1.04. The van der Waals surface area contributed by atoms with Crippen LogP contribution in [-0.4, -0.2) is 40.8 Å². The summed E-state index contributed by atoms with van der Waals surface area (Å²) in [7, 11) is 1.32. The van der Waals surface area contributed by atoms with Crippen molar-refractivity contribution in [2.45, 2.75) is 103 Å². The fourth-order valence-electron chi connectivity index (χ4n) is 3.97. The van der Waals surface area contributed by atoms with Crippen molar-refractivity contribution in [2.24, 2.45) is 11.8 Å². The molecule has 0 amide bonds. The summed E-state index contributed by atoms with van der Waals surface area (Å²) in [5.41, 5.74) is -0.654. The zero-order valence-electron chi connectivity index (χ0n) is 18.0. The number of aliphatic hydroxyl groups is 2. The van der Waals surface area contributed by atoms with Gasteiger partial charge in [-0.15, -0.1) is 0 Å². The molecule has 0 aromatic carbocycles. The Morgan fingerprint density at radius 1 is 1.29 bits per heavy atom. The van der Waals surface area contributed by atoms with Crippen molar-refractivity contribution in [1.82, 2.24) is 0 Å². The Balaban J connectivity index is 2.30. The summed E-state index contributed by atoms with van der Waals surface area (Å²) in [5.74, 6) is 0.501. The lowest BCUT2D eigenvalue weighted by Crippen LogP contribution is -2.22. The quantitative estimate of drug-likeness (QED) is 0.244. The lowest BCUT2D eigenvalue weighted by atomic mass is 9.88. The number of allylic oxidation sites excluding steroid dienone is 1. The molecule has 5 nitrogen and oxygen atoms in total. The molecule has 0 radical (unpaired) electrons. The second kappa shape index (κ2) is 13.2. The van der Waals surface area contributed by atoms with Gasteiger partial charge in [-0.3, -0.25) is 9.59 Å². The first-order valence-electron chi connectivity index (χ1n) is 11.0. The molecule has 2 N–H and O–H groups in total. The average molecular weight is 397 g/mol. The molecule has 0 saturated heterocycles. The van der Waals surface area contributed by atoms with Gasteiger partial charge in [0.2, 0.25) is 6.29 Å². The van der Waals surface area contributed by atoms with Crippen LogP contribution < -0.4 is 0 Å². The summed E-state index contributed by atoms with van der Waals surface area (Å²) in [4.78, 5) is 23.7. The van der Waals surface area contributed by atoms with E-state index in [1.165, 1.54) is 7.11 Å². The number of ketones is 2. The van der Waals surface area contributed by atoms with Gasteiger partial charge in [-0.2, -0.15) is 0 Å². The molecule has 1 aliphatic rings. The average Bonchev–Trinajstić information content (AvgIpc) is 3.01. The largest absolute Gasteiger partial charge is 0.390 e. The molecule has 0 heterocycles. The number of ether oxygens (including phenoxy) is 1. The van der Waals surface area contributed by atoms with Crippen LogP contribution in [0.15, 0.2) is 12.2 Å². The first-order valence-corrected chi connectivity index (χ1v) is 11.0. The minimum atomic E-state index is -1.30. The molecule has 162 valence electrons. The molecule has 1 saturated carbocycles. The van der Waals surface area contributed by atoms with E-state index in [1.807, 2.05) is 6.92 Å². The van der Waals surface area contributed by atoms with Crippen molar-refractivity contribution in [3.05, 3.63) is 12.2 Å². The van der Waals surface area contributed by atoms with Crippen molar-refractivity contribution in [1.29, 1.82) is 0 Å². The van der Waals surface area contributed by atoms with Crippen LogP contribution in [0.25, 0.3) is 0 Å². The van der Waals surface area contributed by atoms with Gasteiger partial charge >= 0.3 is 0 Å². The SMILES string of the molecule is CCCCC(C)(O)CC=C[C@H]1CCC(=O)[C@@H]1CCCCCCC(=O)C(O)OC. The Labute approximate surface area is 170 Å². The maximum atomic E-state index is 12.2. The first-order chi connectivity index (χ1) is 13.3. The number of aliphatic hydroxyl groups excluding tert-OH is 1. The third kappa shape index (κ3) is 9.44. The van der Waals surface area contributed by atoms with Crippen LogP contribution in [0.5, 0.6) is 0 Å². The molecule has 0 aromatic heterocycles. The van der Waals surface area contributed by atoms with E-state index in [-0.39, 0.29) is 11.7 Å². The lowest BCUT2D eigenvalue weighted by molar-refractivity contribution is -0.150. The first kappa shape index (κ1) is 25.0. The predicted molar refractivity (Wildman–Crippen MR) is 111 cm³/mol. The highest BCUT2D eigenvalue weighted by Crippen LogP contribution is 2.34. The molecule has 4 atom stereocenters. The van der Waals surface area contributed by atoms with Crippen LogP contribution in [0.2, 0.25) is 0 Å². The molecule has 2 unspecified atom stereocenters. The van der Waals surface area contributed by atoms with E-state index in [0.717, 1.165) is 57.8 Å². The normalized spacial score (nSPS) is 23.2. The fraction of sp³-hybridized carbons (Fsp3) is 0.826. The summed E-state index contributed by atoms with van der Waals surface area (Å²) in [5, 5.41) is 19.6. The molecule has 5 heteroatoms. The Kier molecular flexibility index (Phi) is 11.8. The zero-order valence-corrected chi connectivity index (χ0v) is 18.0. The van der Waals surface area contributed by atoms with Gasteiger partial charge in [-0.25, -0.2) is 0 Å². The fourth-order valence-corrected chi connectivity index (χ4v) is 3.97. The van der Waals surface area contributed by atoms with Crippen LogP contribution in [0.1, 0.15) is 90.9 Å². The predicted octanol–water partition coefficient (Wildman–Crippen LogP) is 4.34. The Morgan fingerprint density at radius 2 is 2.00 bits per heavy atom. The van der Waals surface area contributed by atoms with Gasteiger partial charge in [-0.1, -0.05) is 51.2 Å². The molecule has 1 aliphatic carbocycles. The maximum Gasteiger partial charge on any atom is 0.215 e. The van der Waals surface area contributed by atoms with Crippen molar-refractivity contribution < 1.29 is 24.5 Å². The maximum absolute atomic E-state index is 12.2. The number of rotatable bonds is 15. The van der Waals surface area contributed by atoms with E-state index < -0.39 is 11.9 Å². The van der Waals surface area contributed by atoms with Crippen LogP contribution >= 0.6 is 0 Å². The molecule has 0 bridgehead atoms. The van der Waals surface area contributed by atoms with Gasteiger partial charge < -0.3 is 14.9 Å². The van der Waals surface area contributed by atoms with Crippen molar-refractivity contribution >= 4 is 11.6 Å². The number of hydrogen-bond donors (Lipinski definition) is 2. The minimum absolute atomic E-state index is 0.105. The van der Waals surface area contributed by atoms with Crippen molar-refractivity contribution in [3.63, 3.8) is 0 Å². The topological polar surface area (TPSA) is 83.8 Å². The van der Waals surface area contributed by atoms with E-state index >= 15 is 0 Å². The minimum Gasteiger partial charge on any atom is -0.390 e. The number of Topliss-reactive ketones (excluding diaryl/α,β-unsaturated/α-hetero) is 2. The highest BCUT2D eigenvalue weighted by atomic mass is 16.6. The van der Waals surface area contributed by atoms with Gasteiger partial charge in [0.1, 0.15) is 5.78 Å². The van der Waals surface area contributed by atoms with Gasteiger partial charge in [0.25, 0.3) is 0 Å². The standard InChI is InChI=1S/C23H40O5/c1-4-5-16-23(2,27)17-10-11-18-14-15-20(24)19(18)12-8-6-7-9-13-21(25)22(26)28-3/h10-11,18-19,22,26-27H,4-9,12-17H2,1-3H3/t18-,19+,22?,23?/m0/s1. The molecule has 28 heavy (non-hydrogen) atoms.